The zero-order chi connectivity index (χ0) is 25.8. The summed E-state index contributed by atoms with van der Waals surface area (Å²) >= 11 is 0. The Balaban J connectivity index is 0.000000520. The summed E-state index contributed by atoms with van der Waals surface area (Å²) in [7, 11) is 3.52. The highest BCUT2D eigenvalue weighted by atomic mass is 16.4. The minimum atomic E-state index is -0.855. The van der Waals surface area contributed by atoms with Crippen LogP contribution < -0.4 is 10.6 Å². The Morgan fingerprint density at radius 2 is 1.65 bits per heavy atom. The topological polar surface area (TPSA) is 88.6 Å². The molecule has 34 heavy (non-hydrogen) atoms. The molecule has 1 aromatic heterocycles. The molecule has 3 N–H and O–H groups in total. The molecule has 0 atom stereocenters. The van der Waals surface area contributed by atoms with Gasteiger partial charge in [0.1, 0.15) is 0 Å². The maximum atomic E-state index is 11.7. The van der Waals surface area contributed by atoms with Crippen molar-refractivity contribution in [3.8, 4) is 11.1 Å². The zero-order valence-corrected chi connectivity index (χ0v) is 21.8. The number of hydrogen-bond acceptors (Lipinski definition) is 4. The van der Waals surface area contributed by atoms with Crippen LogP contribution in [-0.4, -0.2) is 42.6 Å². The number of hydrogen-bond donors (Lipinski definition) is 2. The van der Waals surface area contributed by atoms with Crippen LogP contribution in [0.3, 0.4) is 0 Å². The number of carbonyl (C=O) groups is 2. The highest BCUT2D eigenvalue weighted by Gasteiger charge is 2.27. The first-order chi connectivity index (χ1) is 15.9. The van der Waals surface area contributed by atoms with Gasteiger partial charge in [0.2, 0.25) is 0 Å². The summed E-state index contributed by atoms with van der Waals surface area (Å²) in [5.41, 5.74) is 12.5. The Bertz CT molecular complexity index is 1160. The van der Waals surface area contributed by atoms with Gasteiger partial charge in [0.05, 0.1) is 23.3 Å². The van der Waals surface area contributed by atoms with E-state index in [0.717, 1.165) is 63.8 Å². The summed E-state index contributed by atoms with van der Waals surface area (Å²) in [6.45, 7) is 14.3. The fourth-order valence-electron chi connectivity index (χ4n) is 4.27. The second-order valence-corrected chi connectivity index (χ2v) is 10.3. The number of carboxylic acids is 1. The lowest BCUT2D eigenvalue weighted by Gasteiger charge is -2.31. The summed E-state index contributed by atoms with van der Waals surface area (Å²) in [6.07, 6.45) is 0.841. The molecule has 0 aliphatic carbocycles. The number of likely N-dealkylation sites (N-methyl/N-ethyl adjacent to an activating group) is 1. The third-order valence-corrected chi connectivity index (χ3v) is 5.56. The normalized spacial score (nSPS) is 12.4. The van der Waals surface area contributed by atoms with Gasteiger partial charge in [-0.25, -0.2) is 0 Å². The highest BCUT2D eigenvalue weighted by molar-refractivity contribution is 6.08. The molecule has 0 radical (unpaired) electrons. The van der Waals surface area contributed by atoms with Crippen molar-refractivity contribution in [1.82, 2.24) is 4.57 Å². The van der Waals surface area contributed by atoms with Crippen LogP contribution in [0.25, 0.3) is 22.0 Å². The Kier molecular flexibility index (Phi) is 8.67. The molecule has 1 aliphatic rings. The van der Waals surface area contributed by atoms with Gasteiger partial charge >= 0.3 is 5.97 Å². The van der Waals surface area contributed by atoms with Crippen LogP contribution in [-0.2, 0) is 17.8 Å². The van der Waals surface area contributed by atoms with E-state index < -0.39 is 5.97 Å². The predicted octanol–water partition coefficient (Wildman–Crippen LogP) is 5.44. The lowest BCUT2D eigenvalue weighted by atomic mass is 9.88. The number of aryl methyl sites for hydroxylation is 1. The molecule has 184 valence electrons. The number of rotatable bonds is 4. The van der Waals surface area contributed by atoms with Crippen LogP contribution in [0, 0.1) is 19.3 Å². The van der Waals surface area contributed by atoms with Crippen LogP contribution in [0.5, 0.6) is 0 Å². The molecule has 0 spiro atoms. The second kappa shape index (κ2) is 10.9. The molecule has 2 aromatic carbocycles. The molecule has 0 amide bonds. The monoisotopic (exact) mass is 465 g/mol. The van der Waals surface area contributed by atoms with E-state index in [9.17, 15) is 14.7 Å². The van der Waals surface area contributed by atoms with E-state index in [-0.39, 0.29) is 6.42 Å². The fourth-order valence-corrected chi connectivity index (χ4v) is 4.27. The molecule has 0 bridgehead atoms. The fraction of sp³-hybridized carbons (Fsp3) is 0.429. The van der Waals surface area contributed by atoms with E-state index in [1.807, 2.05) is 51.2 Å². The number of carboxylic acid groups (broad SMARTS) is 1. The van der Waals surface area contributed by atoms with Crippen molar-refractivity contribution in [2.45, 2.75) is 54.5 Å². The maximum absolute atomic E-state index is 11.7. The molecule has 0 fully saturated rings. The van der Waals surface area contributed by atoms with Crippen LogP contribution >= 0.6 is 0 Å². The Morgan fingerprint density at radius 1 is 1.09 bits per heavy atom. The predicted molar refractivity (Wildman–Crippen MR) is 142 cm³/mol. The third-order valence-electron chi connectivity index (χ3n) is 5.56. The van der Waals surface area contributed by atoms with E-state index >= 15 is 0 Å². The molecule has 0 unspecified atom stereocenters. The number of aliphatic carboxylic acids is 1. The molecule has 1 aliphatic heterocycles. The molecule has 6 heteroatoms. The molecule has 6 nitrogen and oxygen atoms in total. The second-order valence-electron chi connectivity index (χ2n) is 10.3. The largest absolute Gasteiger partial charge is 0.481 e. The van der Waals surface area contributed by atoms with Crippen molar-refractivity contribution in [2.75, 3.05) is 25.5 Å². The van der Waals surface area contributed by atoms with E-state index in [1.54, 1.807) is 0 Å². The minimum Gasteiger partial charge on any atom is -0.481 e. The lowest BCUT2D eigenvalue weighted by molar-refractivity contribution is -0.136. The first kappa shape index (κ1) is 27.1. The lowest BCUT2D eigenvalue weighted by Crippen LogP contribution is -2.29. The standard InChI is InChI=1S/C22H22N2O3.C5H12.CH5N/c1-13-4-6-15(7-5-13)20-17(11-19(26)27)14(2)21-22-18(20)10-16(12-25)24(22)9-8-23(21)3;1-5(2,3)4;1-2/h4-7,10,12H,8-9,11H2,1-3H3,(H,26,27);1-4H3;2H2,1H3. The van der Waals surface area contributed by atoms with Gasteiger partial charge in [-0.2, -0.15) is 0 Å². The zero-order valence-electron chi connectivity index (χ0n) is 21.8. The number of nitrogens with zero attached hydrogens (tertiary/aromatic N) is 2. The molecule has 2 heterocycles. The summed E-state index contributed by atoms with van der Waals surface area (Å²) < 4.78 is 2.06. The number of aromatic nitrogens is 1. The van der Waals surface area contributed by atoms with Gasteiger partial charge in [-0.1, -0.05) is 57.5 Å². The Labute approximate surface area is 203 Å². The number of carbonyl (C=O) groups excluding carboxylic acids is 1. The molecule has 0 saturated heterocycles. The van der Waals surface area contributed by atoms with Crippen LogP contribution in [0.4, 0.5) is 5.69 Å². The smallest absolute Gasteiger partial charge is 0.307 e. The summed E-state index contributed by atoms with van der Waals surface area (Å²) in [5, 5.41) is 10.5. The summed E-state index contributed by atoms with van der Waals surface area (Å²) in [4.78, 5) is 25.5. The van der Waals surface area contributed by atoms with Gasteiger partial charge in [0, 0.05) is 25.5 Å². The summed E-state index contributed by atoms with van der Waals surface area (Å²) in [5.74, 6) is -0.855. The Morgan fingerprint density at radius 3 is 2.15 bits per heavy atom. The number of benzene rings is 2. The molecule has 0 saturated carbocycles. The van der Waals surface area contributed by atoms with Crippen molar-refractivity contribution in [3.63, 3.8) is 0 Å². The third kappa shape index (κ3) is 5.86. The van der Waals surface area contributed by atoms with Gasteiger partial charge in [0.15, 0.2) is 6.29 Å². The summed E-state index contributed by atoms with van der Waals surface area (Å²) in [6, 6.07) is 10.0. The average molecular weight is 466 g/mol. The van der Waals surface area contributed by atoms with Gasteiger partial charge < -0.3 is 20.3 Å². The van der Waals surface area contributed by atoms with E-state index in [4.69, 9.17) is 0 Å². The van der Waals surface area contributed by atoms with Gasteiger partial charge in [0.25, 0.3) is 0 Å². The molecule has 4 rings (SSSR count). The number of nitrogens with two attached hydrogens (primary N) is 1. The van der Waals surface area contributed by atoms with Crippen molar-refractivity contribution < 1.29 is 14.7 Å². The van der Waals surface area contributed by atoms with Crippen molar-refractivity contribution in [3.05, 3.63) is 52.7 Å². The van der Waals surface area contributed by atoms with Gasteiger partial charge in [-0.3, -0.25) is 9.59 Å². The molecular weight excluding hydrogens is 426 g/mol. The average Bonchev–Trinajstić information content (AvgIpc) is 3.12. The molecular formula is C28H39N3O3. The van der Waals surface area contributed by atoms with Crippen LogP contribution in [0.1, 0.15) is 54.9 Å². The molecule has 3 aromatic rings. The minimum absolute atomic E-state index is 0.0482. The van der Waals surface area contributed by atoms with Gasteiger partial charge in [-0.15, -0.1) is 0 Å². The number of anilines is 1. The van der Waals surface area contributed by atoms with Crippen molar-refractivity contribution in [1.29, 1.82) is 0 Å². The number of aldehydes is 1. The van der Waals surface area contributed by atoms with Crippen molar-refractivity contribution in [2.24, 2.45) is 11.1 Å². The van der Waals surface area contributed by atoms with Crippen LogP contribution in [0.15, 0.2) is 30.3 Å². The van der Waals surface area contributed by atoms with E-state index in [1.165, 1.54) is 7.05 Å². The first-order valence-electron chi connectivity index (χ1n) is 11.6. The van der Waals surface area contributed by atoms with Crippen molar-refractivity contribution >= 4 is 28.8 Å². The quantitative estimate of drug-likeness (QED) is 0.501. The van der Waals surface area contributed by atoms with E-state index in [2.05, 4.69) is 42.9 Å². The first-order valence-corrected chi connectivity index (χ1v) is 11.6. The SMILES string of the molecule is CC(C)(C)C.CN.Cc1ccc(-c2c(CC(=O)O)c(C)c3c4c2cc(C=O)n4CCN3C)cc1. The Hall–Kier alpha value is -3.12. The van der Waals surface area contributed by atoms with E-state index in [0.29, 0.717) is 11.1 Å². The van der Waals surface area contributed by atoms with Gasteiger partial charge in [-0.05, 0) is 54.6 Å². The maximum Gasteiger partial charge on any atom is 0.307 e. The van der Waals surface area contributed by atoms with Crippen LogP contribution in [0.2, 0.25) is 0 Å². The highest BCUT2D eigenvalue weighted by Crippen LogP contribution is 2.44.